The molecule has 34 heavy (non-hydrogen) atoms. The molecular weight excluding hydrogens is 473 g/mol. The summed E-state index contributed by atoms with van der Waals surface area (Å²) in [5.74, 6) is 1.33. The van der Waals surface area contributed by atoms with E-state index in [0.717, 1.165) is 61.8 Å². The molecule has 0 N–H and O–H groups in total. The summed E-state index contributed by atoms with van der Waals surface area (Å²) in [6.45, 7) is 5.26. The zero-order valence-electron chi connectivity index (χ0n) is 18.9. The number of likely N-dealkylation sites (tertiary alicyclic amines) is 1. The van der Waals surface area contributed by atoms with Gasteiger partial charge in [0.1, 0.15) is 0 Å². The first-order valence-corrected chi connectivity index (χ1v) is 12.4. The molecule has 5 rings (SSSR count). The van der Waals surface area contributed by atoms with E-state index < -0.39 is 0 Å². The smallest absolute Gasteiger partial charge is 0.241 e. The van der Waals surface area contributed by atoms with Crippen LogP contribution in [0.5, 0.6) is 0 Å². The third-order valence-electron chi connectivity index (χ3n) is 6.53. The first-order chi connectivity index (χ1) is 16.5. The molecule has 3 aromatic rings. The average Bonchev–Trinajstić information content (AvgIpc) is 3.32. The molecule has 7 nitrogen and oxygen atoms in total. The van der Waals surface area contributed by atoms with Crippen molar-refractivity contribution in [3.05, 3.63) is 64.5 Å². The van der Waals surface area contributed by atoms with Crippen LogP contribution in [0.4, 0.5) is 5.69 Å². The predicted molar refractivity (Wildman–Crippen MR) is 133 cm³/mol. The van der Waals surface area contributed by atoms with Crippen LogP contribution in [0.25, 0.3) is 11.4 Å². The molecule has 2 aliphatic rings. The molecule has 1 amide bonds. The number of anilines is 1. The molecule has 0 aliphatic carbocycles. The van der Waals surface area contributed by atoms with Gasteiger partial charge in [-0.25, -0.2) is 0 Å². The van der Waals surface area contributed by atoms with Crippen molar-refractivity contribution < 1.29 is 9.32 Å². The van der Waals surface area contributed by atoms with E-state index in [1.165, 1.54) is 0 Å². The lowest BCUT2D eigenvalue weighted by atomic mass is 9.96. The van der Waals surface area contributed by atoms with Crippen molar-refractivity contribution in [2.45, 2.75) is 19.4 Å². The van der Waals surface area contributed by atoms with Gasteiger partial charge in [0.25, 0.3) is 0 Å². The minimum Gasteiger partial charge on any atom is -0.368 e. The zero-order valence-corrected chi connectivity index (χ0v) is 20.4. The van der Waals surface area contributed by atoms with Crippen molar-refractivity contribution in [3.8, 4) is 11.4 Å². The molecule has 0 bridgehead atoms. The fraction of sp³-hybridized carbons (Fsp3) is 0.400. The summed E-state index contributed by atoms with van der Waals surface area (Å²) in [7, 11) is 0. The number of rotatable bonds is 5. The average molecular weight is 500 g/mol. The number of piperidine rings is 1. The highest BCUT2D eigenvalue weighted by atomic mass is 35.5. The van der Waals surface area contributed by atoms with Crippen LogP contribution < -0.4 is 4.90 Å². The number of hydrogen-bond donors (Lipinski definition) is 0. The first kappa shape index (κ1) is 23.1. The molecule has 3 heterocycles. The molecule has 0 radical (unpaired) electrons. The number of carbonyl (C=O) groups excluding carboxylic acids is 1. The topological polar surface area (TPSA) is 65.7 Å². The molecule has 1 unspecified atom stereocenters. The number of piperazine rings is 1. The minimum atomic E-state index is 0.00166. The monoisotopic (exact) mass is 499 g/mol. The van der Waals surface area contributed by atoms with Gasteiger partial charge in [0.2, 0.25) is 17.6 Å². The predicted octanol–water partition coefficient (Wildman–Crippen LogP) is 4.60. The van der Waals surface area contributed by atoms with Gasteiger partial charge in [0.05, 0.1) is 12.5 Å². The van der Waals surface area contributed by atoms with Gasteiger partial charge in [-0.3, -0.25) is 9.69 Å². The summed E-state index contributed by atoms with van der Waals surface area (Å²) in [6, 6.07) is 15.3. The second-order valence-corrected chi connectivity index (χ2v) is 9.76. The lowest BCUT2D eigenvalue weighted by Crippen LogP contribution is -2.52. The van der Waals surface area contributed by atoms with Gasteiger partial charge in [-0.15, -0.1) is 0 Å². The molecule has 1 atom stereocenters. The Bertz CT molecular complexity index is 1150. The Hall–Kier alpha value is -2.61. The molecule has 2 aromatic carbocycles. The zero-order chi connectivity index (χ0) is 23.5. The van der Waals surface area contributed by atoms with Crippen LogP contribution in [0.1, 0.15) is 18.7 Å². The van der Waals surface area contributed by atoms with Gasteiger partial charge in [0, 0.05) is 54.0 Å². The number of aromatic nitrogens is 2. The lowest BCUT2D eigenvalue weighted by Gasteiger charge is -2.39. The molecule has 0 saturated carbocycles. The molecular formula is C25H27Cl2N5O2. The second kappa shape index (κ2) is 10.3. The Morgan fingerprint density at radius 2 is 1.76 bits per heavy atom. The van der Waals surface area contributed by atoms with E-state index in [-0.39, 0.29) is 11.8 Å². The number of hydrogen-bond acceptors (Lipinski definition) is 6. The number of amides is 1. The van der Waals surface area contributed by atoms with Crippen LogP contribution in [0.15, 0.2) is 53.1 Å². The second-order valence-electron chi connectivity index (χ2n) is 8.89. The molecule has 0 spiro atoms. The Morgan fingerprint density at radius 3 is 2.53 bits per heavy atom. The van der Waals surface area contributed by atoms with E-state index >= 15 is 0 Å². The third kappa shape index (κ3) is 5.37. The van der Waals surface area contributed by atoms with Crippen molar-refractivity contribution in [2.24, 2.45) is 5.92 Å². The van der Waals surface area contributed by atoms with Crippen LogP contribution in [-0.2, 0) is 11.3 Å². The summed E-state index contributed by atoms with van der Waals surface area (Å²) in [5.41, 5.74) is 1.94. The summed E-state index contributed by atoms with van der Waals surface area (Å²) in [6.07, 6.45) is 1.90. The highest BCUT2D eigenvalue weighted by molar-refractivity contribution is 6.31. The van der Waals surface area contributed by atoms with Crippen LogP contribution in [0, 0.1) is 5.92 Å². The Morgan fingerprint density at radius 1 is 1.00 bits per heavy atom. The summed E-state index contributed by atoms with van der Waals surface area (Å²) >= 11 is 12.2. The Balaban J connectivity index is 1.15. The van der Waals surface area contributed by atoms with E-state index in [2.05, 4.69) is 26.0 Å². The van der Waals surface area contributed by atoms with E-state index in [1.54, 1.807) is 0 Å². The molecule has 1 aromatic heterocycles. The SMILES string of the molecule is O=C(C1CCCN(Cc2nc(-c3cccc(Cl)c3)no2)C1)N1CCN(c2cccc(Cl)c2)CC1. The van der Waals surface area contributed by atoms with E-state index in [0.29, 0.717) is 29.8 Å². The van der Waals surface area contributed by atoms with Crippen molar-refractivity contribution in [1.82, 2.24) is 19.9 Å². The molecule has 178 valence electrons. The summed E-state index contributed by atoms with van der Waals surface area (Å²) < 4.78 is 5.48. The van der Waals surface area contributed by atoms with Crippen LogP contribution >= 0.6 is 23.2 Å². The Labute approximate surface area is 209 Å². The van der Waals surface area contributed by atoms with E-state index in [9.17, 15) is 4.79 Å². The standard InChI is InChI=1S/C25H27Cl2N5O2/c26-20-6-1-4-18(14-20)24-28-23(34-29-24)17-30-9-3-5-19(16-30)25(33)32-12-10-31(11-13-32)22-8-2-7-21(27)15-22/h1-2,4,6-8,14-15,19H,3,5,9-13,16-17H2. The number of benzene rings is 2. The van der Waals surface area contributed by atoms with Gasteiger partial charge in [0.15, 0.2) is 0 Å². The Kier molecular flexibility index (Phi) is 7.04. The molecule has 2 fully saturated rings. The van der Waals surface area contributed by atoms with Gasteiger partial charge in [-0.2, -0.15) is 4.98 Å². The maximum Gasteiger partial charge on any atom is 0.241 e. The largest absolute Gasteiger partial charge is 0.368 e. The normalized spacial score (nSPS) is 19.4. The van der Waals surface area contributed by atoms with Crippen LogP contribution in [0.2, 0.25) is 10.0 Å². The van der Waals surface area contributed by atoms with Gasteiger partial charge >= 0.3 is 0 Å². The van der Waals surface area contributed by atoms with Gasteiger partial charge in [-0.1, -0.05) is 46.6 Å². The van der Waals surface area contributed by atoms with Gasteiger partial charge < -0.3 is 14.3 Å². The van der Waals surface area contributed by atoms with E-state index in [4.69, 9.17) is 27.7 Å². The maximum atomic E-state index is 13.3. The fourth-order valence-electron chi connectivity index (χ4n) is 4.77. The highest BCUT2D eigenvalue weighted by Gasteiger charge is 2.31. The first-order valence-electron chi connectivity index (χ1n) is 11.7. The van der Waals surface area contributed by atoms with Crippen molar-refractivity contribution in [1.29, 1.82) is 0 Å². The third-order valence-corrected chi connectivity index (χ3v) is 7.00. The van der Waals surface area contributed by atoms with Crippen molar-refractivity contribution >= 4 is 34.8 Å². The van der Waals surface area contributed by atoms with Gasteiger partial charge in [-0.05, 0) is 49.7 Å². The lowest BCUT2D eigenvalue weighted by molar-refractivity contribution is -0.137. The fourth-order valence-corrected chi connectivity index (χ4v) is 5.15. The number of halogens is 2. The quantitative estimate of drug-likeness (QED) is 0.510. The molecule has 2 saturated heterocycles. The van der Waals surface area contributed by atoms with Crippen molar-refractivity contribution in [3.63, 3.8) is 0 Å². The van der Waals surface area contributed by atoms with Crippen LogP contribution in [0.3, 0.4) is 0 Å². The maximum absolute atomic E-state index is 13.3. The number of nitrogens with zero attached hydrogens (tertiary/aromatic N) is 5. The highest BCUT2D eigenvalue weighted by Crippen LogP contribution is 2.25. The molecule has 9 heteroatoms. The van der Waals surface area contributed by atoms with Crippen LogP contribution in [-0.4, -0.2) is 65.1 Å². The molecule has 2 aliphatic heterocycles. The minimum absolute atomic E-state index is 0.00166. The summed E-state index contributed by atoms with van der Waals surface area (Å²) in [4.78, 5) is 24.3. The number of carbonyl (C=O) groups is 1. The van der Waals surface area contributed by atoms with Crippen molar-refractivity contribution in [2.75, 3.05) is 44.2 Å². The van der Waals surface area contributed by atoms with E-state index in [1.807, 2.05) is 47.4 Å². The summed E-state index contributed by atoms with van der Waals surface area (Å²) in [5, 5.41) is 5.47.